The van der Waals surface area contributed by atoms with Crippen LogP contribution in [0, 0.1) is 5.82 Å². The molecular formula is C16H19ClFNO2. The van der Waals surface area contributed by atoms with E-state index in [-0.39, 0.29) is 29.5 Å². The molecule has 0 bridgehead atoms. The van der Waals surface area contributed by atoms with Gasteiger partial charge in [-0.15, -0.1) is 0 Å². The summed E-state index contributed by atoms with van der Waals surface area (Å²) in [4.78, 5) is 12.1. The number of rotatable bonds is 3. The van der Waals surface area contributed by atoms with Gasteiger partial charge in [0.05, 0.1) is 24.7 Å². The Morgan fingerprint density at radius 1 is 1.43 bits per heavy atom. The van der Waals surface area contributed by atoms with Gasteiger partial charge in [-0.05, 0) is 31.4 Å². The highest BCUT2D eigenvalue weighted by molar-refractivity contribution is 6.31. The number of halogens is 2. The second-order valence-electron chi connectivity index (χ2n) is 6.05. The van der Waals surface area contributed by atoms with Gasteiger partial charge in [-0.1, -0.05) is 30.5 Å². The van der Waals surface area contributed by atoms with E-state index in [4.69, 9.17) is 16.3 Å². The van der Waals surface area contributed by atoms with Crippen molar-refractivity contribution in [2.24, 2.45) is 0 Å². The standard InChI is InChI=1S/C16H19ClFNO2/c17-13-4-3-5-14(18)12(13)8-15(20)19-11-9-16(21-10-11)6-1-2-7-16/h3-5,11H,1-2,6-10H2,(H,19,20)/t11-/m1/s1. The van der Waals surface area contributed by atoms with E-state index in [9.17, 15) is 9.18 Å². The first-order chi connectivity index (χ1) is 10.1. The van der Waals surface area contributed by atoms with Crippen LogP contribution in [0.15, 0.2) is 18.2 Å². The maximum absolute atomic E-state index is 13.7. The third-order valence-electron chi connectivity index (χ3n) is 4.49. The molecular weight excluding hydrogens is 293 g/mol. The van der Waals surface area contributed by atoms with Crippen molar-refractivity contribution in [1.29, 1.82) is 0 Å². The summed E-state index contributed by atoms with van der Waals surface area (Å²) in [5, 5.41) is 3.24. The quantitative estimate of drug-likeness (QED) is 0.930. The van der Waals surface area contributed by atoms with Crippen LogP contribution < -0.4 is 5.32 Å². The Labute approximate surface area is 128 Å². The molecule has 5 heteroatoms. The van der Waals surface area contributed by atoms with Crippen LogP contribution in [0.2, 0.25) is 5.02 Å². The Kier molecular flexibility index (Phi) is 4.18. The molecule has 3 nitrogen and oxygen atoms in total. The zero-order valence-electron chi connectivity index (χ0n) is 11.8. The van der Waals surface area contributed by atoms with E-state index < -0.39 is 5.82 Å². The SMILES string of the molecule is O=C(Cc1c(F)cccc1Cl)N[C@H]1COC2(CCCC2)C1. The second-order valence-corrected chi connectivity index (χ2v) is 6.45. The molecule has 3 rings (SSSR count). The van der Waals surface area contributed by atoms with Crippen LogP contribution in [0.1, 0.15) is 37.7 Å². The summed E-state index contributed by atoms with van der Waals surface area (Å²) < 4.78 is 19.6. The van der Waals surface area contributed by atoms with Crippen molar-refractivity contribution < 1.29 is 13.9 Å². The van der Waals surface area contributed by atoms with Gasteiger partial charge in [-0.3, -0.25) is 4.79 Å². The molecule has 1 heterocycles. The van der Waals surface area contributed by atoms with E-state index in [1.807, 2.05) is 0 Å². The lowest BCUT2D eigenvalue weighted by Gasteiger charge is -2.21. The van der Waals surface area contributed by atoms with Crippen LogP contribution in [0.25, 0.3) is 0 Å². The maximum Gasteiger partial charge on any atom is 0.224 e. The number of benzene rings is 1. The summed E-state index contributed by atoms with van der Waals surface area (Å²) in [5.74, 6) is -0.641. The van der Waals surface area contributed by atoms with Gasteiger partial charge in [0.25, 0.3) is 0 Å². The summed E-state index contributed by atoms with van der Waals surface area (Å²) in [5.41, 5.74) is 0.235. The van der Waals surface area contributed by atoms with Gasteiger partial charge < -0.3 is 10.1 Å². The average Bonchev–Trinajstić information content (AvgIpc) is 3.05. The highest BCUT2D eigenvalue weighted by atomic mass is 35.5. The van der Waals surface area contributed by atoms with E-state index in [0.717, 1.165) is 19.3 Å². The van der Waals surface area contributed by atoms with Gasteiger partial charge in [-0.2, -0.15) is 0 Å². The number of hydrogen-bond acceptors (Lipinski definition) is 2. The van der Waals surface area contributed by atoms with Crippen LogP contribution in [0.4, 0.5) is 4.39 Å². The molecule has 1 spiro atoms. The predicted octanol–water partition coefficient (Wildman–Crippen LogP) is 3.24. The number of amides is 1. The molecule has 1 aromatic rings. The largest absolute Gasteiger partial charge is 0.373 e. The molecule has 1 aliphatic heterocycles. The van der Waals surface area contributed by atoms with Crippen LogP contribution >= 0.6 is 11.6 Å². The Hall–Kier alpha value is -1.13. The lowest BCUT2D eigenvalue weighted by atomic mass is 9.96. The first-order valence-corrected chi connectivity index (χ1v) is 7.82. The van der Waals surface area contributed by atoms with Gasteiger partial charge in [0.15, 0.2) is 0 Å². The van der Waals surface area contributed by atoms with Crippen molar-refractivity contribution in [2.75, 3.05) is 6.61 Å². The molecule has 1 N–H and O–H groups in total. The van der Waals surface area contributed by atoms with Crippen molar-refractivity contribution in [3.05, 3.63) is 34.6 Å². The van der Waals surface area contributed by atoms with Crippen molar-refractivity contribution in [3.8, 4) is 0 Å². The monoisotopic (exact) mass is 311 g/mol. The first kappa shape index (κ1) is 14.8. The highest BCUT2D eigenvalue weighted by Gasteiger charge is 2.42. The van der Waals surface area contributed by atoms with Gasteiger partial charge in [0.1, 0.15) is 5.82 Å². The molecule has 1 aromatic carbocycles. The lowest BCUT2D eigenvalue weighted by Crippen LogP contribution is -2.37. The minimum atomic E-state index is -0.437. The summed E-state index contributed by atoms with van der Waals surface area (Å²) in [6.07, 6.45) is 5.40. The van der Waals surface area contributed by atoms with Crippen LogP contribution in [0.5, 0.6) is 0 Å². The number of carbonyl (C=O) groups is 1. The minimum absolute atomic E-state index is 0.0202. The Morgan fingerprint density at radius 2 is 2.19 bits per heavy atom. The summed E-state index contributed by atoms with van der Waals surface area (Å²) in [6.45, 7) is 0.552. The molecule has 21 heavy (non-hydrogen) atoms. The Morgan fingerprint density at radius 3 is 2.90 bits per heavy atom. The van der Waals surface area contributed by atoms with E-state index in [1.54, 1.807) is 6.07 Å². The fraction of sp³-hybridized carbons (Fsp3) is 0.562. The minimum Gasteiger partial charge on any atom is -0.373 e. The summed E-state index contributed by atoms with van der Waals surface area (Å²) >= 11 is 5.94. The van der Waals surface area contributed by atoms with E-state index in [0.29, 0.717) is 11.6 Å². The predicted molar refractivity (Wildman–Crippen MR) is 78.8 cm³/mol. The number of hydrogen-bond donors (Lipinski definition) is 1. The van der Waals surface area contributed by atoms with Crippen molar-refractivity contribution in [2.45, 2.75) is 50.2 Å². The number of ether oxygens (including phenoxy) is 1. The lowest BCUT2D eigenvalue weighted by molar-refractivity contribution is -0.121. The van der Waals surface area contributed by atoms with Gasteiger partial charge in [0.2, 0.25) is 5.91 Å². The fourth-order valence-electron chi connectivity index (χ4n) is 3.45. The summed E-state index contributed by atoms with van der Waals surface area (Å²) in [6, 6.07) is 4.48. The average molecular weight is 312 g/mol. The molecule has 1 atom stereocenters. The smallest absolute Gasteiger partial charge is 0.224 e. The van der Waals surface area contributed by atoms with Crippen LogP contribution in [0.3, 0.4) is 0 Å². The highest BCUT2D eigenvalue weighted by Crippen LogP contribution is 2.40. The molecule has 1 saturated carbocycles. The fourth-order valence-corrected chi connectivity index (χ4v) is 3.68. The molecule has 0 radical (unpaired) electrons. The van der Waals surface area contributed by atoms with Crippen LogP contribution in [-0.4, -0.2) is 24.2 Å². The molecule has 2 aliphatic rings. The van der Waals surface area contributed by atoms with Gasteiger partial charge in [0, 0.05) is 10.6 Å². The Bertz CT molecular complexity index is 523. The van der Waals surface area contributed by atoms with Crippen LogP contribution in [-0.2, 0) is 16.0 Å². The van der Waals surface area contributed by atoms with E-state index in [1.165, 1.54) is 25.0 Å². The number of carbonyl (C=O) groups excluding carboxylic acids is 1. The molecule has 1 aliphatic carbocycles. The van der Waals surface area contributed by atoms with Gasteiger partial charge >= 0.3 is 0 Å². The van der Waals surface area contributed by atoms with E-state index in [2.05, 4.69) is 5.32 Å². The topological polar surface area (TPSA) is 38.3 Å². The molecule has 2 fully saturated rings. The summed E-state index contributed by atoms with van der Waals surface area (Å²) in [7, 11) is 0. The molecule has 1 saturated heterocycles. The Balaban J connectivity index is 1.58. The molecule has 0 unspecified atom stereocenters. The second kappa shape index (κ2) is 5.93. The molecule has 0 aromatic heterocycles. The van der Waals surface area contributed by atoms with Crippen molar-refractivity contribution in [3.63, 3.8) is 0 Å². The van der Waals surface area contributed by atoms with E-state index >= 15 is 0 Å². The zero-order chi connectivity index (χ0) is 14.9. The normalized spacial score (nSPS) is 23.6. The zero-order valence-corrected chi connectivity index (χ0v) is 12.6. The first-order valence-electron chi connectivity index (χ1n) is 7.44. The van der Waals surface area contributed by atoms with Crippen molar-refractivity contribution >= 4 is 17.5 Å². The number of nitrogens with one attached hydrogen (secondary N) is 1. The van der Waals surface area contributed by atoms with Gasteiger partial charge in [-0.25, -0.2) is 4.39 Å². The van der Waals surface area contributed by atoms with Crippen molar-refractivity contribution in [1.82, 2.24) is 5.32 Å². The molecule has 114 valence electrons. The third-order valence-corrected chi connectivity index (χ3v) is 4.84. The molecule has 1 amide bonds. The third kappa shape index (κ3) is 3.22. The maximum atomic E-state index is 13.7.